The summed E-state index contributed by atoms with van der Waals surface area (Å²) in [6.45, 7) is 1.63. The zero-order valence-corrected chi connectivity index (χ0v) is 17.7. The molecule has 10 heteroatoms. The summed E-state index contributed by atoms with van der Waals surface area (Å²) in [5.74, 6) is 4.41. The van der Waals surface area contributed by atoms with E-state index in [1.165, 1.54) is 28.8 Å². The predicted molar refractivity (Wildman–Crippen MR) is 117 cm³/mol. The van der Waals surface area contributed by atoms with Gasteiger partial charge in [-0.25, -0.2) is 5.84 Å². The average molecular weight is 483 g/mol. The molecular weight excluding hydrogens is 468 g/mol. The Labute approximate surface area is 183 Å². The number of nitrogens with zero attached hydrogens (tertiary/aromatic N) is 2. The van der Waals surface area contributed by atoms with Gasteiger partial charge < -0.3 is 4.42 Å². The van der Waals surface area contributed by atoms with Crippen molar-refractivity contribution in [2.45, 2.75) is 6.92 Å². The third-order valence-corrected chi connectivity index (χ3v) is 5.40. The molecule has 0 unspecified atom stereocenters. The van der Waals surface area contributed by atoms with Crippen molar-refractivity contribution in [3.05, 3.63) is 86.2 Å². The molecule has 9 nitrogen and oxygen atoms in total. The summed E-state index contributed by atoms with van der Waals surface area (Å²) in [6.07, 6.45) is 0. The fraction of sp³-hybridized carbons (Fsp3) is 0.0476. The third-order valence-electron chi connectivity index (χ3n) is 4.91. The SMILES string of the molecule is Cc1c(C(=O)NN)c2ccccc2n1C(=O)c1ccc(-c2ccc(Br)cc2[N+](=O)[O-])o1. The molecule has 0 aliphatic carbocycles. The first-order chi connectivity index (χ1) is 14.8. The molecule has 2 aromatic carbocycles. The first-order valence-electron chi connectivity index (χ1n) is 9.03. The molecule has 156 valence electrons. The van der Waals surface area contributed by atoms with Crippen molar-refractivity contribution < 1.29 is 18.9 Å². The van der Waals surface area contributed by atoms with Crippen molar-refractivity contribution in [3.63, 3.8) is 0 Å². The van der Waals surface area contributed by atoms with Gasteiger partial charge in [0.05, 0.1) is 21.6 Å². The van der Waals surface area contributed by atoms with E-state index < -0.39 is 16.7 Å². The van der Waals surface area contributed by atoms with Gasteiger partial charge in [0.25, 0.3) is 17.5 Å². The summed E-state index contributed by atoms with van der Waals surface area (Å²) in [4.78, 5) is 36.5. The molecule has 3 N–H and O–H groups in total. The molecule has 0 fully saturated rings. The van der Waals surface area contributed by atoms with Crippen LogP contribution in [0.25, 0.3) is 22.2 Å². The second-order valence-corrected chi connectivity index (χ2v) is 7.59. The van der Waals surface area contributed by atoms with Crippen LogP contribution in [0.4, 0.5) is 5.69 Å². The molecule has 0 atom stereocenters. The van der Waals surface area contributed by atoms with E-state index in [-0.39, 0.29) is 28.3 Å². The van der Waals surface area contributed by atoms with Crippen molar-refractivity contribution in [3.8, 4) is 11.3 Å². The van der Waals surface area contributed by atoms with Crippen molar-refractivity contribution in [1.82, 2.24) is 9.99 Å². The van der Waals surface area contributed by atoms with Crippen LogP contribution in [0.5, 0.6) is 0 Å². The number of nitrogens with two attached hydrogens (primary N) is 1. The normalized spacial score (nSPS) is 10.9. The summed E-state index contributed by atoms with van der Waals surface area (Å²) in [5, 5.41) is 12.0. The van der Waals surface area contributed by atoms with E-state index >= 15 is 0 Å². The molecule has 0 radical (unpaired) electrons. The molecular formula is C21H15BrN4O5. The van der Waals surface area contributed by atoms with Crippen LogP contribution >= 0.6 is 15.9 Å². The van der Waals surface area contributed by atoms with Crippen molar-refractivity contribution in [1.29, 1.82) is 0 Å². The highest BCUT2D eigenvalue weighted by atomic mass is 79.9. The number of halogens is 1. The van der Waals surface area contributed by atoms with Crippen molar-refractivity contribution >= 4 is 44.3 Å². The van der Waals surface area contributed by atoms with Crippen LogP contribution in [-0.2, 0) is 0 Å². The van der Waals surface area contributed by atoms with E-state index in [0.717, 1.165) is 0 Å². The number of para-hydroxylation sites is 1. The van der Waals surface area contributed by atoms with E-state index in [9.17, 15) is 19.7 Å². The number of nitro benzene ring substituents is 1. The molecule has 4 aromatic rings. The number of nitrogens with one attached hydrogen (secondary N) is 1. The summed E-state index contributed by atoms with van der Waals surface area (Å²) in [6, 6.07) is 14.4. The van der Waals surface area contributed by atoms with Crippen LogP contribution in [0.2, 0.25) is 0 Å². The van der Waals surface area contributed by atoms with E-state index in [2.05, 4.69) is 21.4 Å². The maximum Gasteiger partial charge on any atom is 0.298 e. The first-order valence-corrected chi connectivity index (χ1v) is 9.82. The molecule has 2 aromatic heterocycles. The topological polar surface area (TPSA) is 133 Å². The second kappa shape index (κ2) is 7.82. The van der Waals surface area contributed by atoms with E-state index in [1.807, 2.05) is 0 Å². The number of aromatic nitrogens is 1. The lowest BCUT2D eigenvalue weighted by molar-refractivity contribution is -0.384. The number of amides is 1. The Hall–Kier alpha value is -3.76. The molecule has 1 amide bonds. The van der Waals surface area contributed by atoms with Crippen LogP contribution < -0.4 is 11.3 Å². The van der Waals surface area contributed by atoms with Gasteiger partial charge in [0.1, 0.15) is 5.76 Å². The fourth-order valence-corrected chi connectivity index (χ4v) is 3.91. The van der Waals surface area contributed by atoms with Crippen LogP contribution in [0.15, 0.2) is 63.5 Å². The zero-order valence-electron chi connectivity index (χ0n) is 16.1. The quantitative estimate of drug-likeness (QED) is 0.194. The summed E-state index contributed by atoms with van der Waals surface area (Å²) < 4.78 is 7.61. The van der Waals surface area contributed by atoms with E-state index in [0.29, 0.717) is 21.1 Å². The van der Waals surface area contributed by atoms with Gasteiger partial charge >= 0.3 is 0 Å². The number of nitrogen functional groups attached to an aromatic ring is 1. The van der Waals surface area contributed by atoms with Crippen LogP contribution in [0.3, 0.4) is 0 Å². The number of carbonyl (C=O) groups excluding carboxylic acids is 2. The minimum Gasteiger partial charge on any atom is -0.451 e. The number of rotatable bonds is 4. The standard InChI is InChI=1S/C21H15BrN4O5/c1-11-19(20(27)24-23)14-4-2-3-5-15(14)25(11)21(28)18-9-8-17(31-18)13-7-6-12(22)10-16(13)26(29)30/h2-10H,23H2,1H3,(H,24,27). The lowest BCUT2D eigenvalue weighted by atomic mass is 10.1. The maximum atomic E-state index is 13.3. The smallest absolute Gasteiger partial charge is 0.298 e. The average Bonchev–Trinajstić information content (AvgIpc) is 3.35. The van der Waals surface area contributed by atoms with Gasteiger partial charge in [-0.15, -0.1) is 0 Å². The molecule has 0 aliphatic heterocycles. The molecule has 0 aliphatic rings. The zero-order chi connectivity index (χ0) is 22.3. The van der Waals surface area contributed by atoms with Gasteiger partial charge in [0.15, 0.2) is 5.76 Å². The number of hydrogen-bond donors (Lipinski definition) is 2. The highest BCUT2D eigenvalue weighted by Crippen LogP contribution is 2.34. The lowest BCUT2D eigenvalue weighted by Crippen LogP contribution is -2.30. The summed E-state index contributed by atoms with van der Waals surface area (Å²) in [5.41, 5.74) is 3.36. The summed E-state index contributed by atoms with van der Waals surface area (Å²) >= 11 is 3.21. The molecule has 0 bridgehead atoms. The van der Waals surface area contributed by atoms with Gasteiger partial charge in [-0.3, -0.25) is 29.7 Å². The Kier molecular flexibility index (Phi) is 5.17. The Morgan fingerprint density at radius 3 is 2.61 bits per heavy atom. The number of benzene rings is 2. The Bertz CT molecular complexity index is 1370. The van der Waals surface area contributed by atoms with E-state index in [1.54, 1.807) is 37.3 Å². The molecule has 31 heavy (non-hydrogen) atoms. The largest absolute Gasteiger partial charge is 0.451 e. The number of nitro groups is 1. The summed E-state index contributed by atoms with van der Waals surface area (Å²) in [7, 11) is 0. The Morgan fingerprint density at radius 1 is 1.16 bits per heavy atom. The Balaban J connectivity index is 1.83. The number of carbonyl (C=O) groups is 2. The Morgan fingerprint density at radius 2 is 1.90 bits per heavy atom. The molecule has 4 rings (SSSR count). The molecule has 2 heterocycles. The molecule has 0 saturated heterocycles. The lowest BCUT2D eigenvalue weighted by Gasteiger charge is -2.05. The van der Waals surface area contributed by atoms with Crippen LogP contribution in [0.1, 0.15) is 26.6 Å². The monoisotopic (exact) mass is 482 g/mol. The number of fused-ring (bicyclic) bond motifs is 1. The van der Waals surface area contributed by atoms with Crippen LogP contribution in [0, 0.1) is 17.0 Å². The van der Waals surface area contributed by atoms with Gasteiger partial charge in [0.2, 0.25) is 0 Å². The highest BCUT2D eigenvalue weighted by molar-refractivity contribution is 9.10. The minimum absolute atomic E-state index is 0.0317. The predicted octanol–water partition coefficient (Wildman–Crippen LogP) is 4.17. The van der Waals surface area contributed by atoms with Crippen molar-refractivity contribution in [2.24, 2.45) is 5.84 Å². The van der Waals surface area contributed by atoms with Gasteiger partial charge in [-0.1, -0.05) is 34.1 Å². The van der Waals surface area contributed by atoms with Gasteiger partial charge in [-0.05, 0) is 37.3 Å². The van der Waals surface area contributed by atoms with Crippen LogP contribution in [-0.4, -0.2) is 21.3 Å². The minimum atomic E-state index is -0.522. The second-order valence-electron chi connectivity index (χ2n) is 6.67. The fourth-order valence-electron chi connectivity index (χ4n) is 3.56. The molecule has 0 saturated carbocycles. The van der Waals surface area contributed by atoms with Gasteiger partial charge in [0, 0.05) is 21.6 Å². The number of hydrogen-bond acceptors (Lipinski definition) is 6. The third kappa shape index (κ3) is 3.41. The first kappa shape index (κ1) is 20.5. The van der Waals surface area contributed by atoms with Gasteiger partial charge in [-0.2, -0.15) is 0 Å². The number of hydrazine groups is 1. The maximum absolute atomic E-state index is 13.3. The molecule has 0 spiro atoms. The van der Waals surface area contributed by atoms with Crippen molar-refractivity contribution in [2.75, 3.05) is 0 Å². The van der Waals surface area contributed by atoms with E-state index in [4.69, 9.17) is 10.3 Å². The number of furan rings is 1. The highest BCUT2D eigenvalue weighted by Gasteiger charge is 2.26.